The van der Waals surface area contributed by atoms with E-state index in [2.05, 4.69) is 17.2 Å². The fourth-order valence-electron chi connectivity index (χ4n) is 3.48. The van der Waals surface area contributed by atoms with Gasteiger partial charge in [0.2, 0.25) is 0 Å². The van der Waals surface area contributed by atoms with Crippen LogP contribution in [0.4, 0.5) is 0 Å². The first-order valence-corrected chi connectivity index (χ1v) is 7.25. The zero-order valence-electron chi connectivity index (χ0n) is 12.1. The summed E-state index contributed by atoms with van der Waals surface area (Å²) in [7, 11) is 1.49. The van der Waals surface area contributed by atoms with Gasteiger partial charge in [-0.05, 0) is 12.8 Å². The standard InChI is InChI=1S/C14H19N3O4/c1-3-7-10(8-4-5-21-11(7)8)15-12(18)9-6-17(2)14(20)16-13(9)19/h6-8,10-11H,3-5H2,1-2H3,(H,15,18)(H,16,19,20)/t7-,8+,10-,11-/m1/s1. The van der Waals surface area contributed by atoms with Crippen molar-refractivity contribution in [1.29, 1.82) is 0 Å². The minimum absolute atomic E-state index is 0.0330. The summed E-state index contributed by atoms with van der Waals surface area (Å²) in [6.07, 6.45) is 3.38. The van der Waals surface area contributed by atoms with Crippen molar-refractivity contribution in [3.63, 3.8) is 0 Å². The third kappa shape index (κ3) is 2.21. The van der Waals surface area contributed by atoms with Gasteiger partial charge in [-0.1, -0.05) is 6.92 Å². The lowest BCUT2D eigenvalue weighted by molar-refractivity contribution is -0.0545. The van der Waals surface area contributed by atoms with E-state index in [1.54, 1.807) is 0 Å². The Morgan fingerprint density at radius 1 is 1.52 bits per heavy atom. The molecule has 21 heavy (non-hydrogen) atoms. The summed E-state index contributed by atoms with van der Waals surface area (Å²) in [4.78, 5) is 37.5. The van der Waals surface area contributed by atoms with Gasteiger partial charge in [-0.2, -0.15) is 0 Å². The molecule has 3 rings (SSSR count). The van der Waals surface area contributed by atoms with Crippen LogP contribution < -0.4 is 16.6 Å². The van der Waals surface area contributed by atoms with Crippen LogP contribution in [0.2, 0.25) is 0 Å². The molecular formula is C14H19N3O4. The van der Waals surface area contributed by atoms with E-state index in [1.165, 1.54) is 17.8 Å². The number of fused-ring (bicyclic) bond motifs is 1. The van der Waals surface area contributed by atoms with Crippen LogP contribution in [0.1, 0.15) is 30.1 Å². The molecule has 114 valence electrons. The van der Waals surface area contributed by atoms with Gasteiger partial charge in [-0.25, -0.2) is 4.79 Å². The molecule has 0 unspecified atom stereocenters. The number of hydrogen-bond acceptors (Lipinski definition) is 4. The van der Waals surface area contributed by atoms with Crippen LogP contribution in [0, 0.1) is 11.8 Å². The van der Waals surface area contributed by atoms with Crippen LogP contribution in [-0.4, -0.2) is 34.2 Å². The SMILES string of the molecule is CC[C@@H]1[C@@H](NC(=O)c2cn(C)c(=O)[nH]c2=O)[C@@H]2CCO[C@H]12. The molecule has 1 aliphatic carbocycles. The molecule has 2 N–H and O–H groups in total. The van der Waals surface area contributed by atoms with Gasteiger partial charge in [0, 0.05) is 37.7 Å². The predicted molar refractivity (Wildman–Crippen MR) is 75.2 cm³/mol. The molecule has 1 aromatic heterocycles. The Balaban J connectivity index is 1.79. The van der Waals surface area contributed by atoms with Crippen molar-refractivity contribution in [2.75, 3.05) is 6.61 Å². The third-order valence-corrected chi connectivity index (χ3v) is 4.65. The number of hydrogen-bond donors (Lipinski definition) is 2. The van der Waals surface area contributed by atoms with Gasteiger partial charge in [0.15, 0.2) is 0 Å². The summed E-state index contributed by atoms with van der Waals surface area (Å²) in [5.74, 6) is 0.208. The van der Waals surface area contributed by atoms with Gasteiger partial charge in [0.1, 0.15) is 5.56 Å². The van der Waals surface area contributed by atoms with E-state index in [0.717, 1.165) is 19.4 Å². The summed E-state index contributed by atoms with van der Waals surface area (Å²) in [6, 6.07) is 0.0478. The van der Waals surface area contributed by atoms with Crippen molar-refractivity contribution in [2.45, 2.75) is 31.9 Å². The van der Waals surface area contributed by atoms with Crippen LogP contribution in [0.15, 0.2) is 15.8 Å². The van der Waals surface area contributed by atoms with Crippen LogP contribution in [0.25, 0.3) is 0 Å². The molecular weight excluding hydrogens is 274 g/mol. The molecule has 0 radical (unpaired) electrons. The van der Waals surface area contributed by atoms with Gasteiger partial charge in [-0.3, -0.25) is 14.6 Å². The number of amides is 1. The number of H-pyrrole nitrogens is 1. The van der Waals surface area contributed by atoms with E-state index in [0.29, 0.717) is 11.8 Å². The van der Waals surface area contributed by atoms with E-state index in [4.69, 9.17) is 4.74 Å². The zero-order valence-corrected chi connectivity index (χ0v) is 12.1. The van der Waals surface area contributed by atoms with Gasteiger partial charge in [-0.15, -0.1) is 0 Å². The van der Waals surface area contributed by atoms with Crippen molar-refractivity contribution >= 4 is 5.91 Å². The molecule has 0 bridgehead atoms. The summed E-state index contributed by atoms with van der Waals surface area (Å²) in [5, 5.41) is 2.94. The number of rotatable bonds is 3. The molecule has 7 heteroatoms. The summed E-state index contributed by atoms with van der Waals surface area (Å²) < 4.78 is 6.86. The molecule has 0 spiro atoms. The first-order chi connectivity index (χ1) is 10.0. The lowest BCUT2D eigenvalue weighted by Gasteiger charge is -2.47. The van der Waals surface area contributed by atoms with E-state index in [9.17, 15) is 14.4 Å². The largest absolute Gasteiger partial charge is 0.377 e. The summed E-state index contributed by atoms with van der Waals surface area (Å²) in [5.41, 5.74) is -1.22. The second-order valence-corrected chi connectivity index (χ2v) is 5.77. The first kappa shape index (κ1) is 14.1. The maximum Gasteiger partial charge on any atom is 0.328 e. The summed E-state index contributed by atoms with van der Waals surface area (Å²) in [6.45, 7) is 2.80. The van der Waals surface area contributed by atoms with E-state index in [-0.39, 0.29) is 17.7 Å². The van der Waals surface area contributed by atoms with Crippen molar-refractivity contribution in [2.24, 2.45) is 18.9 Å². The van der Waals surface area contributed by atoms with Crippen molar-refractivity contribution < 1.29 is 9.53 Å². The minimum Gasteiger partial charge on any atom is -0.377 e. The molecule has 0 aromatic carbocycles. The van der Waals surface area contributed by atoms with Gasteiger partial charge >= 0.3 is 5.69 Å². The smallest absolute Gasteiger partial charge is 0.328 e. The Labute approximate surface area is 121 Å². The van der Waals surface area contributed by atoms with Gasteiger partial charge < -0.3 is 14.6 Å². The number of aryl methyl sites for hydroxylation is 1. The molecule has 1 saturated heterocycles. The number of nitrogens with one attached hydrogen (secondary N) is 2. The number of ether oxygens (including phenoxy) is 1. The average Bonchev–Trinajstić information content (AvgIpc) is 2.85. The van der Waals surface area contributed by atoms with Gasteiger partial charge in [0.25, 0.3) is 11.5 Å². The second-order valence-electron chi connectivity index (χ2n) is 5.77. The van der Waals surface area contributed by atoms with Crippen molar-refractivity contribution in [1.82, 2.24) is 14.9 Å². The molecule has 1 saturated carbocycles. The molecule has 1 aromatic rings. The Hall–Kier alpha value is -1.89. The Morgan fingerprint density at radius 3 is 3.00 bits per heavy atom. The Morgan fingerprint density at radius 2 is 2.29 bits per heavy atom. The van der Waals surface area contributed by atoms with E-state index < -0.39 is 17.2 Å². The number of carbonyl (C=O) groups is 1. The monoisotopic (exact) mass is 293 g/mol. The molecule has 2 heterocycles. The number of aromatic nitrogens is 2. The molecule has 2 aliphatic rings. The molecule has 7 nitrogen and oxygen atoms in total. The second kappa shape index (κ2) is 5.14. The highest BCUT2D eigenvalue weighted by atomic mass is 16.5. The lowest BCUT2D eigenvalue weighted by atomic mass is 9.65. The minimum atomic E-state index is -0.651. The highest BCUT2D eigenvalue weighted by molar-refractivity contribution is 5.93. The topological polar surface area (TPSA) is 93.2 Å². The highest BCUT2D eigenvalue weighted by Crippen LogP contribution is 2.45. The van der Waals surface area contributed by atoms with Crippen LogP contribution in [-0.2, 0) is 11.8 Å². The molecule has 1 amide bonds. The van der Waals surface area contributed by atoms with Crippen LogP contribution in [0.3, 0.4) is 0 Å². The maximum absolute atomic E-state index is 12.3. The normalized spacial score (nSPS) is 30.6. The first-order valence-electron chi connectivity index (χ1n) is 7.25. The fourth-order valence-corrected chi connectivity index (χ4v) is 3.48. The Kier molecular flexibility index (Phi) is 3.44. The molecule has 1 aliphatic heterocycles. The van der Waals surface area contributed by atoms with Crippen LogP contribution >= 0.6 is 0 Å². The fraction of sp³-hybridized carbons (Fsp3) is 0.643. The van der Waals surface area contributed by atoms with Gasteiger partial charge in [0.05, 0.1) is 6.10 Å². The third-order valence-electron chi connectivity index (χ3n) is 4.65. The van der Waals surface area contributed by atoms with Crippen molar-refractivity contribution in [3.05, 3.63) is 32.6 Å². The predicted octanol–water partition coefficient (Wildman–Crippen LogP) is -0.383. The molecule has 4 atom stereocenters. The maximum atomic E-state index is 12.3. The highest BCUT2D eigenvalue weighted by Gasteiger charge is 2.53. The quantitative estimate of drug-likeness (QED) is 0.794. The average molecular weight is 293 g/mol. The Bertz CT molecular complexity index is 678. The zero-order chi connectivity index (χ0) is 15.1. The number of carbonyl (C=O) groups excluding carboxylic acids is 1. The lowest BCUT2D eigenvalue weighted by Crippen LogP contribution is -2.61. The molecule has 2 fully saturated rings. The number of aromatic amines is 1. The van der Waals surface area contributed by atoms with Crippen molar-refractivity contribution in [3.8, 4) is 0 Å². The summed E-state index contributed by atoms with van der Waals surface area (Å²) >= 11 is 0. The number of nitrogens with zero attached hydrogens (tertiary/aromatic N) is 1. The van der Waals surface area contributed by atoms with E-state index in [1.807, 2.05) is 0 Å². The van der Waals surface area contributed by atoms with E-state index >= 15 is 0 Å². The van der Waals surface area contributed by atoms with Crippen LogP contribution in [0.5, 0.6) is 0 Å².